The van der Waals surface area contributed by atoms with Gasteiger partial charge in [-0.1, -0.05) is 0 Å². The highest BCUT2D eigenvalue weighted by Gasteiger charge is 2.32. The summed E-state index contributed by atoms with van der Waals surface area (Å²) in [5, 5.41) is 17.9. The summed E-state index contributed by atoms with van der Waals surface area (Å²) in [4.78, 5) is 4.03. The molecule has 98 valence electrons. The third-order valence-electron chi connectivity index (χ3n) is 3.29. The molecule has 6 heteroatoms. The van der Waals surface area contributed by atoms with Crippen molar-refractivity contribution in [2.75, 3.05) is 5.75 Å². The third-order valence-corrected chi connectivity index (χ3v) is 5.65. The fourth-order valence-electron chi connectivity index (χ4n) is 2.28. The summed E-state index contributed by atoms with van der Waals surface area (Å²) in [7, 11) is -2.52. The second-order valence-corrected chi connectivity index (χ2v) is 7.00. The van der Waals surface area contributed by atoms with E-state index in [1.54, 1.807) is 6.07 Å². The molecule has 1 unspecified atom stereocenters. The van der Waals surface area contributed by atoms with E-state index < -0.39 is 10.6 Å². The lowest BCUT2D eigenvalue weighted by Gasteiger charge is -2.34. The van der Waals surface area contributed by atoms with Crippen molar-refractivity contribution in [1.29, 1.82) is 5.26 Å². The van der Waals surface area contributed by atoms with Crippen LogP contribution in [0.4, 0.5) is 0 Å². The average Bonchev–Trinajstić information content (AvgIpc) is 2.68. The second-order valence-electron chi connectivity index (χ2n) is 4.49. The molecule has 2 heterocycles. The number of aliphatic hydroxyl groups excluding tert-OH is 1. The molecule has 5 nitrogen and oxygen atoms in total. The lowest BCUT2D eigenvalue weighted by atomic mass is 10.0. The fourth-order valence-corrected chi connectivity index (χ4v) is 4.19. The SMILES string of the molecule is N#Cc1cnc(CO)c(CC2CCCS2(O)O)c1. The van der Waals surface area contributed by atoms with Crippen molar-refractivity contribution < 1.29 is 14.2 Å². The molecule has 1 aliphatic rings. The first-order chi connectivity index (χ1) is 8.56. The van der Waals surface area contributed by atoms with Gasteiger partial charge in [0.25, 0.3) is 0 Å². The van der Waals surface area contributed by atoms with E-state index in [2.05, 4.69) is 4.98 Å². The molecule has 0 bridgehead atoms. The number of hydrogen-bond donors (Lipinski definition) is 3. The monoisotopic (exact) mass is 268 g/mol. The van der Waals surface area contributed by atoms with E-state index in [0.717, 1.165) is 18.4 Å². The summed E-state index contributed by atoms with van der Waals surface area (Å²) in [6, 6.07) is 3.67. The van der Waals surface area contributed by atoms with Crippen molar-refractivity contribution in [2.24, 2.45) is 0 Å². The Hall–Kier alpha value is -1.13. The Kier molecular flexibility index (Phi) is 3.88. The van der Waals surface area contributed by atoms with Gasteiger partial charge in [-0.15, -0.1) is 0 Å². The van der Waals surface area contributed by atoms with Gasteiger partial charge in [-0.3, -0.25) is 14.1 Å². The summed E-state index contributed by atoms with van der Waals surface area (Å²) in [6.45, 7) is -0.201. The zero-order chi connectivity index (χ0) is 13.2. The molecule has 0 aliphatic carbocycles. The van der Waals surface area contributed by atoms with Crippen LogP contribution < -0.4 is 0 Å². The van der Waals surface area contributed by atoms with Crippen LogP contribution in [0, 0.1) is 11.3 Å². The molecule has 0 aromatic carbocycles. The number of nitriles is 1. The van der Waals surface area contributed by atoms with Crippen LogP contribution in [-0.2, 0) is 13.0 Å². The Morgan fingerprint density at radius 2 is 2.28 bits per heavy atom. The Labute approximate surface area is 107 Å². The third kappa shape index (κ3) is 2.65. The number of nitrogens with zero attached hydrogens (tertiary/aromatic N) is 2. The molecule has 1 fully saturated rings. The van der Waals surface area contributed by atoms with Crippen LogP contribution in [0.15, 0.2) is 12.3 Å². The van der Waals surface area contributed by atoms with Gasteiger partial charge in [0.1, 0.15) is 6.07 Å². The zero-order valence-electron chi connectivity index (χ0n) is 9.91. The number of hydrogen-bond acceptors (Lipinski definition) is 5. The van der Waals surface area contributed by atoms with Gasteiger partial charge >= 0.3 is 0 Å². The Morgan fingerprint density at radius 1 is 1.50 bits per heavy atom. The molecule has 1 aliphatic heterocycles. The second kappa shape index (κ2) is 5.24. The number of aromatic nitrogens is 1. The normalized spacial score (nSPS) is 23.6. The maximum Gasteiger partial charge on any atom is 0.101 e. The van der Waals surface area contributed by atoms with Gasteiger partial charge in [0.15, 0.2) is 0 Å². The van der Waals surface area contributed by atoms with Gasteiger partial charge in [-0.25, -0.2) is 0 Å². The highest BCUT2D eigenvalue weighted by Crippen LogP contribution is 2.53. The van der Waals surface area contributed by atoms with Gasteiger partial charge < -0.3 is 5.11 Å². The molecule has 2 rings (SSSR count). The van der Waals surface area contributed by atoms with Crippen molar-refractivity contribution in [1.82, 2.24) is 4.98 Å². The van der Waals surface area contributed by atoms with Crippen LogP contribution in [0.25, 0.3) is 0 Å². The van der Waals surface area contributed by atoms with Crippen LogP contribution in [0.5, 0.6) is 0 Å². The molecule has 0 saturated carbocycles. The summed E-state index contributed by atoms with van der Waals surface area (Å²) in [5.41, 5.74) is 1.68. The van der Waals surface area contributed by atoms with Crippen molar-refractivity contribution in [3.8, 4) is 6.07 Å². The molecule has 0 amide bonds. The van der Waals surface area contributed by atoms with Gasteiger partial charge in [-0.05, 0) is 30.9 Å². The summed E-state index contributed by atoms with van der Waals surface area (Å²) < 4.78 is 19.8. The minimum atomic E-state index is -2.52. The first kappa shape index (κ1) is 13.3. The molecule has 1 saturated heterocycles. The van der Waals surface area contributed by atoms with Crippen LogP contribution in [-0.4, -0.2) is 30.2 Å². The van der Waals surface area contributed by atoms with Gasteiger partial charge in [0, 0.05) is 11.9 Å². The molecule has 18 heavy (non-hydrogen) atoms. The average molecular weight is 268 g/mol. The van der Waals surface area contributed by atoms with E-state index in [-0.39, 0.29) is 11.9 Å². The summed E-state index contributed by atoms with van der Waals surface area (Å²) >= 11 is 0. The van der Waals surface area contributed by atoms with Crippen molar-refractivity contribution in [2.45, 2.75) is 31.1 Å². The lowest BCUT2D eigenvalue weighted by Crippen LogP contribution is -2.17. The molecule has 0 radical (unpaired) electrons. The predicted molar refractivity (Wildman–Crippen MR) is 69.3 cm³/mol. The van der Waals surface area contributed by atoms with Crippen LogP contribution in [0.3, 0.4) is 0 Å². The Balaban J connectivity index is 2.25. The van der Waals surface area contributed by atoms with Crippen molar-refractivity contribution >= 4 is 10.6 Å². The van der Waals surface area contributed by atoms with E-state index in [1.807, 2.05) is 6.07 Å². The van der Waals surface area contributed by atoms with E-state index >= 15 is 0 Å². The minimum Gasteiger partial charge on any atom is -0.390 e. The largest absolute Gasteiger partial charge is 0.390 e. The highest BCUT2D eigenvalue weighted by molar-refractivity contribution is 8.25. The van der Waals surface area contributed by atoms with E-state index in [0.29, 0.717) is 23.4 Å². The first-order valence-corrected chi connectivity index (χ1v) is 7.58. The topological polar surface area (TPSA) is 97.4 Å². The van der Waals surface area contributed by atoms with Crippen molar-refractivity contribution in [3.05, 3.63) is 29.1 Å². The molecule has 1 atom stereocenters. The number of pyridine rings is 1. The van der Waals surface area contributed by atoms with Crippen molar-refractivity contribution in [3.63, 3.8) is 0 Å². The Morgan fingerprint density at radius 3 is 2.83 bits per heavy atom. The Bertz CT molecular complexity index is 485. The minimum absolute atomic E-state index is 0.182. The predicted octanol–water partition coefficient (Wildman–Crippen LogP) is 1.90. The van der Waals surface area contributed by atoms with Gasteiger partial charge in [0.05, 0.1) is 23.1 Å². The fraction of sp³-hybridized carbons (Fsp3) is 0.500. The lowest BCUT2D eigenvalue weighted by molar-refractivity contribution is 0.275. The smallest absolute Gasteiger partial charge is 0.101 e. The maximum atomic E-state index is 9.90. The van der Waals surface area contributed by atoms with Gasteiger partial charge in [0.2, 0.25) is 0 Å². The maximum absolute atomic E-state index is 9.90. The molecule has 3 N–H and O–H groups in total. The molecule has 1 aromatic rings. The van der Waals surface area contributed by atoms with Crippen LogP contribution >= 0.6 is 10.6 Å². The number of rotatable bonds is 3. The van der Waals surface area contributed by atoms with Crippen LogP contribution in [0.2, 0.25) is 0 Å². The first-order valence-electron chi connectivity index (χ1n) is 5.80. The summed E-state index contributed by atoms with van der Waals surface area (Å²) in [6.07, 6.45) is 3.46. The van der Waals surface area contributed by atoms with E-state index in [4.69, 9.17) is 5.26 Å². The quantitative estimate of drug-likeness (QED) is 0.778. The molecular formula is C12H16N2O3S. The molecular weight excluding hydrogens is 252 g/mol. The highest BCUT2D eigenvalue weighted by atomic mass is 32.3. The standard InChI is InChI=1S/C12H16N2O3S/c13-6-9-4-10(12(8-15)14-7-9)5-11-2-1-3-18(11,16)17/h4,7,11,15-17H,1-3,5,8H2. The zero-order valence-corrected chi connectivity index (χ0v) is 10.7. The number of aliphatic hydroxyl groups is 1. The molecule has 0 spiro atoms. The summed E-state index contributed by atoms with van der Waals surface area (Å²) in [5.74, 6) is 0.456. The van der Waals surface area contributed by atoms with Crippen LogP contribution in [0.1, 0.15) is 29.7 Å². The van der Waals surface area contributed by atoms with E-state index in [1.165, 1.54) is 6.20 Å². The van der Waals surface area contributed by atoms with E-state index in [9.17, 15) is 14.2 Å². The molecule has 1 aromatic heterocycles. The van der Waals surface area contributed by atoms with Gasteiger partial charge in [-0.2, -0.15) is 15.9 Å².